The summed E-state index contributed by atoms with van der Waals surface area (Å²) in [4.78, 5) is 0. The summed E-state index contributed by atoms with van der Waals surface area (Å²) >= 11 is 0. The van der Waals surface area contributed by atoms with Crippen LogP contribution in [-0.4, -0.2) is 0 Å². The lowest BCUT2D eigenvalue weighted by Crippen LogP contribution is -2.22. The van der Waals surface area contributed by atoms with Crippen LogP contribution >= 0.6 is 0 Å². The molecule has 98 valence electrons. The Balaban J connectivity index is 1.84. The Kier molecular flexibility index (Phi) is 3.11. The number of hydrogen-bond donors (Lipinski definition) is 1. The van der Waals surface area contributed by atoms with Gasteiger partial charge in [-0.3, -0.25) is 0 Å². The molecule has 0 aromatic heterocycles. The fourth-order valence-corrected chi connectivity index (χ4v) is 3.08. The average molecular weight is 255 g/mol. The Labute approximate surface area is 113 Å². The van der Waals surface area contributed by atoms with Crippen molar-refractivity contribution in [1.82, 2.24) is 0 Å². The summed E-state index contributed by atoms with van der Waals surface area (Å²) in [5.41, 5.74) is 11.0. The fourth-order valence-electron chi connectivity index (χ4n) is 3.08. The first-order valence-electron chi connectivity index (χ1n) is 6.73. The molecule has 19 heavy (non-hydrogen) atoms. The van der Waals surface area contributed by atoms with Crippen molar-refractivity contribution in [3.05, 3.63) is 70.5 Å². The van der Waals surface area contributed by atoms with Crippen LogP contribution in [0.2, 0.25) is 0 Å². The Morgan fingerprint density at radius 2 is 1.74 bits per heavy atom. The largest absolute Gasteiger partial charge is 0.324 e. The zero-order valence-corrected chi connectivity index (χ0v) is 11.1. The van der Waals surface area contributed by atoms with Gasteiger partial charge in [0.2, 0.25) is 0 Å². The normalized spacial score (nSPS) is 16.4. The first-order valence-corrected chi connectivity index (χ1v) is 6.73. The van der Waals surface area contributed by atoms with E-state index in [1.807, 2.05) is 13.0 Å². The first kappa shape index (κ1) is 12.4. The summed E-state index contributed by atoms with van der Waals surface area (Å²) in [5, 5.41) is 0. The molecule has 0 bridgehead atoms. The van der Waals surface area contributed by atoms with Gasteiger partial charge in [0.05, 0.1) is 0 Å². The number of hydrogen-bond acceptors (Lipinski definition) is 1. The first-order chi connectivity index (χ1) is 9.13. The van der Waals surface area contributed by atoms with Crippen LogP contribution in [0.3, 0.4) is 0 Å². The highest BCUT2D eigenvalue weighted by Crippen LogP contribution is 2.34. The van der Waals surface area contributed by atoms with E-state index in [2.05, 4.69) is 24.3 Å². The highest BCUT2D eigenvalue weighted by molar-refractivity contribution is 5.35. The van der Waals surface area contributed by atoms with Gasteiger partial charge in [-0.1, -0.05) is 30.3 Å². The van der Waals surface area contributed by atoms with Crippen molar-refractivity contribution in [3.8, 4) is 0 Å². The zero-order chi connectivity index (χ0) is 13.4. The summed E-state index contributed by atoms with van der Waals surface area (Å²) in [6.07, 6.45) is 1.99. The lowest BCUT2D eigenvalue weighted by Gasteiger charge is -2.20. The van der Waals surface area contributed by atoms with Crippen molar-refractivity contribution in [3.63, 3.8) is 0 Å². The van der Waals surface area contributed by atoms with Gasteiger partial charge < -0.3 is 5.73 Å². The quantitative estimate of drug-likeness (QED) is 0.872. The molecule has 0 saturated carbocycles. The van der Waals surface area contributed by atoms with E-state index in [-0.39, 0.29) is 11.9 Å². The van der Waals surface area contributed by atoms with E-state index in [1.165, 1.54) is 11.1 Å². The topological polar surface area (TPSA) is 26.0 Å². The summed E-state index contributed by atoms with van der Waals surface area (Å²) < 4.78 is 13.5. The Bertz CT molecular complexity index is 561. The van der Waals surface area contributed by atoms with Crippen LogP contribution in [0.4, 0.5) is 4.39 Å². The van der Waals surface area contributed by atoms with Crippen molar-refractivity contribution < 1.29 is 4.39 Å². The Morgan fingerprint density at radius 3 is 2.32 bits per heavy atom. The molecule has 2 aromatic rings. The molecular weight excluding hydrogens is 237 g/mol. The van der Waals surface area contributed by atoms with Gasteiger partial charge in [0, 0.05) is 6.04 Å². The van der Waals surface area contributed by atoms with E-state index < -0.39 is 0 Å². The van der Waals surface area contributed by atoms with Gasteiger partial charge in [0.25, 0.3) is 0 Å². The van der Waals surface area contributed by atoms with Crippen LogP contribution in [0.15, 0.2) is 42.5 Å². The molecule has 0 spiro atoms. The lowest BCUT2D eigenvalue weighted by molar-refractivity contribution is 0.451. The molecule has 3 rings (SSSR count). The molecule has 2 aromatic carbocycles. The summed E-state index contributed by atoms with van der Waals surface area (Å²) in [5.74, 6) is 0.180. The fraction of sp³-hybridized carbons (Fsp3) is 0.294. The Morgan fingerprint density at radius 1 is 1.11 bits per heavy atom. The van der Waals surface area contributed by atoms with Crippen molar-refractivity contribution >= 4 is 0 Å². The van der Waals surface area contributed by atoms with Gasteiger partial charge in [0.15, 0.2) is 0 Å². The summed E-state index contributed by atoms with van der Waals surface area (Å²) in [6, 6.07) is 13.5. The van der Waals surface area contributed by atoms with Crippen LogP contribution in [-0.2, 0) is 12.8 Å². The maximum atomic E-state index is 13.5. The number of rotatable bonds is 2. The second-order valence-corrected chi connectivity index (χ2v) is 5.52. The summed E-state index contributed by atoms with van der Waals surface area (Å²) in [6.45, 7) is 1.91. The maximum Gasteiger partial charge on any atom is 0.123 e. The highest BCUT2D eigenvalue weighted by Gasteiger charge is 2.27. The van der Waals surface area contributed by atoms with E-state index in [1.54, 1.807) is 12.1 Å². The van der Waals surface area contributed by atoms with E-state index >= 15 is 0 Å². The van der Waals surface area contributed by atoms with Crippen molar-refractivity contribution in [1.29, 1.82) is 0 Å². The van der Waals surface area contributed by atoms with Crippen molar-refractivity contribution in [2.75, 3.05) is 0 Å². The molecule has 0 aliphatic heterocycles. The van der Waals surface area contributed by atoms with E-state index in [9.17, 15) is 4.39 Å². The molecule has 1 aliphatic carbocycles. The van der Waals surface area contributed by atoms with Gasteiger partial charge in [-0.15, -0.1) is 0 Å². The van der Waals surface area contributed by atoms with Crippen LogP contribution in [0, 0.1) is 18.7 Å². The van der Waals surface area contributed by atoms with E-state index in [0.29, 0.717) is 5.92 Å². The number of fused-ring (bicyclic) bond motifs is 1. The van der Waals surface area contributed by atoms with Crippen LogP contribution < -0.4 is 5.73 Å². The molecule has 2 heteroatoms. The molecule has 2 N–H and O–H groups in total. The van der Waals surface area contributed by atoms with E-state index in [0.717, 1.165) is 24.0 Å². The molecule has 0 saturated heterocycles. The standard InChI is InChI=1S/C17H18FN/c1-11-6-14(10-16(18)7-11)17(19)15-8-12-4-2-3-5-13(12)9-15/h2-7,10,15,17H,8-9,19H2,1H3. The van der Waals surface area contributed by atoms with Crippen molar-refractivity contribution in [2.45, 2.75) is 25.8 Å². The van der Waals surface area contributed by atoms with Crippen LogP contribution in [0.1, 0.15) is 28.3 Å². The average Bonchev–Trinajstić information content (AvgIpc) is 2.80. The zero-order valence-electron chi connectivity index (χ0n) is 11.1. The van der Waals surface area contributed by atoms with Gasteiger partial charge in [-0.2, -0.15) is 0 Å². The van der Waals surface area contributed by atoms with Crippen LogP contribution in [0.25, 0.3) is 0 Å². The number of nitrogens with two attached hydrogens (primary N) is 1. The molecule has 1 unspecified atom stereocenters. The maximum absolute atomic E-state index is 13.5. The molecule has 0 amide bonds. The monoisotopic (exact) mass is 255 g/mol. The predicted molar refractivity (Wildman–Crippen MR) is 75.4 cm³/mol. The molecule has 1 aliphatic rings. The predicted octanol–water partition coefficient (Wildman–Crippen LogP) is 3.55. The number of aryl methyl sites for hydroxylation is 1. The Hall–Kier alpha value is -1.67. The molecule has 0 radical (unpaired) electrons. The lowest BCUT2D eigenvalue weighted by atomic mass is 9.90. The SMILES string of the molecule is Cc1cc(F)cc(C(N)C2Cc3ccccc3C2)c1. The minimum atomic E-state index is -0.194. The van der Waals surface area contributed by atoms with Gasteiger partial charge >= 0.3 is 0 Å². The third-order valence-corrected chi connectivity index (χ3v) is 4.04. The molecule has 1 atom stereocenters. The highest BCUT2D eigenvalue weighted by atomic mass is 19.1. The molecule has 0 heterocycles. The van der Waals surface area contributed by atoms with Gasteiger partial charge in [-0.05, 0) is 60.1 Å². The van der Waals surface area contributed by atoms with E-state index in [4.69, 9.17) is 5.73 Å². The van der Waals surface area contributed by atoms with Crippen LogP contribution in [0.5, 0.6) is 0 Å². The van der Waals surface area contributed by atoms with Crippen molar-refractivity contribution in [2.24, 2.45) is 11.7 Å². The minimum absolute atomic E-state index is 0.0956. The number of halogens is 1. The third-order valence-electron chi connectivity index (χ3n) is 4.04. The third kappa shape index (κ3) is 2.41. The molecular formula is C17H18FN. The second kappa shape index (κ2) is 4.78. The molecule has 1 nitrogen and oxygen atoms in total. The second-order valence-electron chi connectivity index (χ2n) is 5.52. The van der Waals surface area contributed by atoms with Gasteiger partial charge in [-0.25, -0.2) is 4.39 Å². The minimum Gasteiger partial charge on any atom is -0.324 e. The number of benzene rings is 2. The smallest absolute Gasteiger partial charge is 0.123 e. The van der Waals surface area contributed by atoms with Gasteiger partial charge in [0.1, 0.15) is 5.82 Å². The molecule has 0 fully saturated rings. The summed E-state index contributed by atoms with van der Waals surface area (Å²) in [7, 11) is 0.